The largest absolute Gasteiger partial charge is 0.394 e. The van der Waals surface area contributed by atoms with E-state index >= 15 is 0 Å². The lowest BCUT2D eigenvalue weighted by atomic mass is 9.99. The van der Waals surface area contributed by atoms with E-state index in [0.29, 0.717) is 0 Å². The SMILES string of the molecule is O=C(NC1(CO)CCCC1)c1cn[nH]n1. The number of H-pyrrole nitrogens is 1. The zero-order chi connectivity index (χ0) is 10.7. The van der Waals surface area contributed by atoms with Gasteiger partial charge in [-0.05, 0) is 12.8 Å². The van der Waals surface area contributed by atoms with E-state index in [0.717, 1.165) is 25.7 Å². The second-order valence-corrected chi connectivity index (χ2v) is 3.95. The highest BCUT2D eigenvalue weighted by Gasteiger charge is 2.35. The number of hydrogen-bond donors (Lipinski definition) is 3. The standard InChI is InChI=1S/C9H14N4O2/c14-6-9(3-1-2-4-9)11-8(15)7-5-10-13-12-7/h5,14H,1-4,6H2,(H,11,15)(H,10,12,13). The van der Waals surface area contributed by atoms with Crippen molar-refractivity contribution in [2.45, 2.75) is 31.2 Å². The predicted molar refractivity (Wildman–Crippen MR) is 52.1 cm³/mol. The van der Waals surface area contributed by atoms with Gasteiger partial charge in [-0.25, -0.2) is 0 Å². The van der Waals surface area contributed by atoms with Crippen LogP contribution in [0.5, 0.6) is 0 Å². The van der Waals surface area contributed by atoms with Crippen LogP contribution in [0.1, 0.15) is 36.2 Å². The number of nitrogens with zero attached hydrogens (tertiary/aromatic N) is 2. The van der Waals surface area contributed by atoms with E-state index in [4.69, 9.17) is 0 Å². The molecule has 1 heterocycles. The molecule has 1 aromatic heterocycles. The van der Waals surface area contributed by atoms with E-state index in [1.807, 2.05) is 0 Å². The fourth-order valence-electron chi connectivity index (χ4n) is 1.99. The van der Waals surface area contributed by atoms with Gasteiger partial charge in [0.25, 0.3) is 5.91 Å². The Hall–Kier alpha value is -1.43. The zero-order valence-corrected chi connectivity index (χ0v) is 8.36. The second-order valence-electron chi connectivity index (χ2n) is 3.95. The van der Waals surface area contributed by atoms with Gasteiger partial charge < -0.3 is 10.4 Å². The summed E-state index contributed by atoms with van der Waals surface area (Å²) in [5, 5.41) is 21.8. The highest BCUT2D eigenvalue weighted by Crippen LogP contribution is 2.29. The Morgan fingerprint density at radius 3 is 2.87 bits per heavy atom. The van der Waals surface area contributed by atoms with Crippen molar-refractivity contribution in [2.24, 2.45) is 0 Å². The summed E-state index contributed by atoms with van der Waals surface area (Å²) >= 11 is 0. The number of aliphatic hydroxyl groups excluding tert-OH is 1. The van der Waals surface area contributed by atoms with E-state index in [1.54, 1.807) is 0 Å². The van der Waals surface area contributed by atoms with Gasteiger partial charge in [0.05, 0.1) is 18.3 Å². The van der Waals surface area contributed by atoms with Crippen molar-refractivity contribution < 1.29 is 9.90 Å². The summed E-state index contributed by atoms with van der Waals surface area (Å²) in [6.07, 6.45) is 5.11. The Morgan fingerprint density at radius 1 is 1.60 bits per heavy atom. The smallest absolute Gasteiger partial charge is 0.273 e. The first-order chi connectivity index (χ1) is 7.26. The van der Waals surface area contributed by atoms with Gasteiger partial charge in [0.1, 0.15) is 0 Å². The van der Waals surface area contributed by atoms with E-state index in [9.17, 15) is 9.90 Å². The van der Waals surface area contributed by atoms with E-state index < -0.39 is 5.54 Å². The molecule has 1 fully saturated rings. The number of nitrogens with one attached hydrogen (secondary N) is 2. The van der Waals surface area contributed by atoms with Crippen LogP contribution in [0.25, 0.3) is 0 Å². The maximum Gasteiger partial charge on any atom is 0.273 e. The number of amides is 1. The van der Waals surface area contributed by atoms with Gasteiger partial charge in [0, 0.05) is 0 Å². The van der Waals surface area contributed by atoms with E-state index in [1.165, 1.54) is 6.20 Å². The van der Waals surface area contributed by atoms with Crippen molar-refractivity contribution in [3.8, 4) is 0 Å². The third-order valence-electron chi connectivity index (χ3n) is 2.89. The number of carbonyl (C=O) groups is 1. The van der Waals surface area contributed by atoms with Crippen molar-refractivity contribution in [1.29, 1.82) is 0 Å². The molecule has 0 aliphatic heterocycles. The van der Waals surface area contributed by atoms with E-state index in [2.05, 4.69) is 20.7 Å². The molecular weight excluding hydrogens is 196 g/mol. The minimum absolute atomic E-state index is 0.0173. The molecule has 0 radical (unpaired) electrons. The summed E-state index contributed by atoms with van der Waals surface area (Å²) in [7, 11) is 0. The summed E-state index contributed by atoms with van der Waals surface area (Å²) < 4.78 is 0. The Kier molecular flexibility index (Phi) is 2.68. The van der Waals surface area contributed by atoms with Crippen LogP contribution in [0.3, 0.4) is 0 Å². The molecule has 6 nitrogen and oxygen atoms in total. The number of aromatic nitrogens is 3. The minimum Gasteiger partial charge on any atom is -0.394 e. The first kappa shape index (κ1) is 10.1. The molecule has 15 heavy (non-hydrogen) atoms. The molecule has 0 saturated heterocycles. The molecule has 0 aromatic carbocycles. The Balaban J connectivity index is 2.04. The normalized spacial score (nSPS) is 19.0. The van der Waals surface area contributed by atoms with Gasteiger partial charge in [-0.15, -0.1) is 0 Å². The molecule has 1 aliphatic carbocycles. The first-order valence-corrected chi connectivity index (χ1v) is 5.05. The number of rotatable bonds is 3. The van der Waals surface area contributed by atoms with Crippen LogP contribution in [0.15, 0.2) is 6.20 Å². The molecule has 0 unspecified atom stereocenters. The molecule has 0 atom stereocenters. The first-order valence-electron chi connectivity index (χ1n) is 5.05. The molecule has 1 amide bonds. The fourth-order valence-corrected chi connectivity index (χ4v) is 1.99. The van der Waals surface area contributed by atoms with Crippen molar-refractivity contribution in [1.82, 2.24) is 20.7 Å². The van der Waals surface area contributed by atoms with Crippen molar-refractivity contribution >= 4 is 5.91 Å². The van der Waals surface area contributed by atoms with Crippen molar-refractivity contribution in [3.05, 3.63) is 11.9 Å². The Morgan fingerprint density at radius 2 is 2.33 bits per heavy atom. The van der Waals surface area contributed by atoms with Crippen LogP contribution >= 0.6 is 0 Å². The second kappa shape index (κ2) is 3.98. The number of hydrogen-bond acceptors (Lipinski definition) is 4. The lowest BCUT2D eigenvalue weighted by Gasteiger charge is -2.27. The molecular formula is C9H14N4O2. The third-order valence-corrected chi connectivity index (χ3v) is 2.89. The summed E-state index contributed by atoms with van der Waals surface area (Å²) in [6.45, 7) is -0.0173. The summed E-state index contributed by atoms with van der Waals surface area (Å²) in [5.41, 5.74) is -0.189. The molecule has 1 aliphatic rings. The minimum atomic E-state index is -0.448. The molecule has 6 heteroatoms. The quantitative estimate of drug-likeness (QED) is 0.646. The maximum absolute atomic E-state index is 11.7. The Bertz CT molecular complexity index is 330. The number of aliphatic hydroxyl groups is 1. The van der Waals surface area contributed by atoms with E-state index in [-0.39, 0.29) is 18.2 Å². The molecule has 1 saturated carbocycles. The van der Waals surface area contributed by atoms with Crippen molar-refractivity contribution in [2.75, 3.05) is 6.61 Å². The van der Waals surface area contributed by atoms with Gasteiger partial charge in [0.2, 0.25) is 0 Å². The van der Waals surface area contributed by atoms with Crippen LogP contribution in [-0.4, -0.2) is 38.6 Å². The zero-order valence-electron chi connectivity index (χ0n) is 8.36. The summed E-state index contributed by atoms with van der Waals surface area (Å²) in [5.74, 6) is -0.278. The van der Waals surface area contributed by atoms with Gasteiger partial charge in [0.15, 0.2) is 5.69 Å². The predicted octanol–water partition coefficient (Wildman–Crippen LogP) is -0.160. The average Bonchev–Trinajstić information content (AvgIpc) is 2.88. The highest BCUT2D eigenvalue weighted by molar-refractivity contribution is 5.92. The fraction of sp³-hybridized carbons (Fsp3) is 0.667. The van der Waals surface area contributed by atoms with Gasteiger partial charge in [-0.2, -0.15) is 15.4 Å². The molecule has 3 N–H and O–H groups in total. The van der Waals surface area contributed by atoms with Crippen molar-refractivity contribution in [3.63, 3.8) is 0 Å². The van der Waals surface area contributed by atoms with Crippen LogP contribution in [-0.2, 0) is 0 Å². The molecule has 2 rings (SSSR count). The molecule has 82 valence electrons. The lowest BCUT2D eigenvalue weighted by Crippen LogP contribution is -2.49. The van der Waals surface area contributed by atoms with Crippen LogP contribution in [0, 0.1) is 0 Å². The topological polar surface area (TPSA) is 90.9 Å². The van der Waals surface area contributed by atoms with Gasteiger partial charge in [-0.3, -0.25) is 4.79 Å². The third kappa shape index (κ3) is 1.99. The van der Waals surface area contributed by atoms with Gasteiger partial charge >= 0.3 is 0 Å². The van der Waals surface area contributed by atoms with Gasteiger partial charge in [-0.1, -0.05) is 12.8 Å². The van der Waals surface area contributed by atoms with Crippen LogP contribution in [0.2, 0.25) is 0 Å². The highest BCUT2D eigenvalue weighted by atomic mass is 16.3. The molecule has 0 spiro atoms. The lowest BCUT2D eigenvalue weighted by molar-refractivity contribution is 0.0833. The Labute approximate surface area is 87.1 Å². The molecule has 0 bridgehead atoms. The number of aromatic amines is 1. The monoisotopic (exact) mass is 210 g/mol. The van der Waals surface area contributed by atoms with Crippen LogP contribution in [0.4, 0.5) is 0 Å². The molecule has 1 aromatic rings. The summed E-state index contributed by atoms with van der Waals surface area (Å²) in [4.78, 5) is 11.7. The number of carbonyl (C=O) groups excluding carboxylic acids is 1. The average molecular weight is 210 g/mol. The maximum atomic E-state index is 11.7. The van der Waals surface area contributed by atoms with Crippen LogP contribution < -0.4 is 5.32 Å². The summed E-state index contributed by atoms with van der Waals surface area (Å²) in [6, 6.07) is 0.